The number of aromatic nitrogens is 1. The van der Waals surface area contributed by atoms with Gasteiger partial charge in [-0.05, 0) is 42.3 Å². The van der Waals surface area contributed by atoms with Crippen LogP contribution in [0.25, 0.3) is 0 Å². The van der Waals surface area contributed by atoms with Crippen LogP contribution in [0.4, 0.5) is 10.5 Å². The lowest BCUT2D eigenvalue weighted by Gasteiger charge is -2.08. The number of nitrogens with zero attached hydrogens (tertiary/aromatic N) is 1. The van der Waals surface area contributed by atoms with Gasteiger partial charge in [0.05, 0.1) is 5.69 Å². The van der Waals surface area contributed by atoms with E-state index in [-0.39, 0.29) is 18.3 Å². The lowest BCUT2D eigenvalue weighted by atomic mass is 10.2. The van der Waals surface area contributed by atoms with Crippen LogP contribution in [-0.4, -0.2) is 17.0 Å². The Morgan fingerprint density at radius 3 is 2.39 bits per heavy atom. The molecule has 7 nitrogen and oxygen atoms in total. The van der Waals surface area contributed by atoms with Gasteiger partial charge in [0.25, 0.3) is 5.91 Å². The van der Waals surface area contributed by atoms with Gasteiger partial charge in [-0.1, -0.05) is 35.9 Å². The molecule has 0 aliphatic carbocycles. The maximum absolute atomic E-state index is 12.0. The van der Waals surface area contributed by atoms with Crippen molar-refractivity contribution in [1.29, 1.82) is 0 Å². The van der Waals surface area contributed by atoms with Crippen LogP contribution in [0.5, 0.6) is 0 Å². The summed E-state index contributed by atoms with van der Waals surface area (Å²) in [4.78, 5) is 27.8. The fourth-order valence-corrected chi connectivity index (χ4v) is 2.50. The van der Waals surface area contributed by atoms with E-state index in [9.17, 15) is 9.59 Å². The molecule has 8 heteroatoms. The summed E-state index contributed by atoms with van der Waals surface area (Å²) in [5.41, 5.74) is 2.83. The zero-order chi connectivity index (χ0) is 19.9. The van der Waals surface area contributed by atoms with Gasteiger partial charge in [-0.2, -0.15) is 0 Å². The minimum atomic E-state index is -0.559. The smallest absolute Gasteiger partial charge is 0.411 e. The summed E-state index contributed by atoms with van der Waals surface area (Å²) >= 11 is 5.82. The number of anilines is 1. The fourth-order valence-electron chi connectivity index (χ4n) is 2.37. The van der Waals surface area contributed by atoms with E-state index >= 15 is 0 Å². The Morgan fingerprint density at radius 1 is 1.07 bits per heavy atom. The number of nitrogens with one attached hydrogen (secondary N) is 2. The maximum Gasteiger partial charge on any atom is 0.411 e. The summed E-state index contributed by atoms with van der Waals surface area (Å²) < 4.78 is 10.2. The molecule has 2 aromatic carbocycles. The van der Waals surface area contributed by atoms with Crippen molar-refractivity contribution in [2.45, 2.75) is 20.1 Å². The molecule has 0 radical (unpaired) electrons. The van der Waals surface area contributed by atoms with E-state index < -0.39 is 6.09 Å². The van der Waals surface area contributed by atoms with Crippen molar-refractivity contribution in [2.75, 3.05) is 5.32 Å². The molecule has 0 saturated heterocycles. The first-order valence-electron chi connectivity index (χ1n) is 8.47. The molecule has 3 aromatic rings. The van der Waals surface area contributed by atoms with Gasteiger partial charge < -0.3 is 14.5 Å². The highest BCUT2D eigenvalue weighted by molar-refractivity contribution is 6.30. The SMILES string of the molecule is Cc1ncoc1C(=O)NCc1ccc(NC(=O)OCc2ccc(Cl)cc2)cc1. The topological polar surface area (TPSA) is 93.5 Å². The predicted octanol–water partition coefficient (Wildman–Crippen LogP) is 4.32. The number of hydrogen-bond acceptors (Lipinski definition) is 5. The number of ether oxygens (including phenoxy) is 1. The van der Waals surface area contributed by atoms with Crippen molar-refractivity contribution in [3.05, 3.63) is 82.5 Å². The normalized spacial score (nSPS) is 10.4. The van der Waals surface area contributed by atoms with E-state index in [0.717, 1.165) is 11.1 Å². The average Bonchev–Trinajstić information content (AvgIpc) is 3.13. The van der Waals surface area contributed by atoms with Crippen molar-refractivity contribution < 1.29 is 18.7 Å². The summed E-state index contributed by atoms with van der Waals surface area (Å²) in [6.45, 7) is 2.17. The molecule has 0 atom stereocenters. The lowest BCUT2D eigenvalue weighted by Crippen LogP contribution is -2.23. The Kier molecular flexibility index (Phi) is 6.29. The molecule has 1 aromatic heterocycles. The second-order valence-electron chi connectivity index (χ2n) is 5.97. The van der Waals surface area contributed by atoms with E-state index in [1.807, 2.05) is 0 Å². The second kappa shape index (κ2) is 9.05. The van der Waals surface area contributed by atoms with Gasteiger partial charge in [-0.3, -0.25) is 10.1 Å². The highest BCUT2D eigenvalue weighted by Gasteiger charge is 2.13. The van der Waals surface area contributed by atoms with Crippen LogP contribution in [0.15, 0.2) is 59.3 Å². The number of hydrogen-bond donors (Lipinski definition) is 2. The highest BCUT2D eigenvalue weighted by Crippen LogP contribution is 2.13. The summed E-state index contributed by atoms with van der Waals surface area (Å²) in [5.74, 6) is -0.135. The molecule has 0 fully saturated rings. The molecule has 0 aliphatic heterocycles. The standard InChI is InChI=1S/C20H18ClN3O4/c1-13-18(28-12-23-13)19(25)22-10-14-4-8-17(9-5-14)24-20(26)27-11-15-2-6-16(21)7-3-15/h2-9,12H,10-11H2,1H3,(H,22,25)(H,24,26). The van der Waals surface area contributed by atoms with Gasteiger partial charge in [-0.25, -0.2) is 9.78 Å². The number of carbonyl (C=O) groups excluding carboxylic acids is 2. The first-order chi connectivity index (χ1) is 13.5. The zero-order valence-corrected chi connectivity index (χ0v) is 15.8. The van der Waals surface area contributed by atoms with Gasteiger partial charge in [0.15, 0.2) is 6.39 Å². The average molecular weight is 400 g/mol. The van der Waals surface area contributed by atoms with E-state index in [1.165, 1.54) is 6.39 Å². The Labute approximate surface area is 166 Å². The van der Waals surface area contributed by atoms with E-state index in [1.54, 1.807) is 55.5 Å². The first kappa shape index (κ1) is 19.4. The number of oxazole rings is 1. The van der Waals surface area contributed by atoms with Crippen molar-refractivity contribution in [3.63, 3.8) is 0 Å². The van der Waals surface area contributed by atoms with Gasteiger partial charge in [-0.15, -0.1) is 0 Å². The molecule has 0 spiro atoms. The van der Waals surface area contributed by atoms with Crippen LogP contribution in [0, 0.1) is 6.92 Å². The molecular formula is C20H18ClN3O4. The number of rotatable bonds is 6. The van der Waals surface area contributed by atoms with E-state index in [2.05, 4.69) is 15.6 Å². The quantitative estimate of drug-likeness (QED) is 0.644. The van der Waals surface area contributed by atoms with Gasteiger partial charge >= 0.3 is 6.09 Å². The third-order valence-corrected chi connectivity index (χ3v) is 4.14. The van der Waals surface area contributed by atoms with Gasteiger partial charge in [0, 0.05) is 17.3 Å². The number of carbonyl (C=O) groups is 2. The Morgan fingerprint density at radius 2 is 1.75 bits per heavy atom. The fraction of sp³-hybridized carbons (Fsp3) is 0.150. The molecule has 1 heterocycles. The lowest BCUT2D eigenvalue weighted by molar-refractivity contribution is 0.0922. The van der Waals surface area contributed by atoms with Gasteiger partial charge in [0.2, 0.25) is 5.76 Å². The number of aryl methyl sites for hydroxylation is 1. The summed E-state index contributed by atoms with van der Waals surface area (Å²) in [6.07, 6.45) is 0.674. The third-order valence-electron chi connectivity index (χ3n) is 3.89. The molecule has 0 unspecified atom stereocenters. The maximum atomic E-state index is 12.0. The Balaban J connectivity index is 1.46. The summed E-state index contributed by atoms with van der Waals surface area (Å²) in [7, 11) is 0. The molecule has 3 rings (SSSR count). The van der Waals surface area contributed by atoms with Crippen molar-refractivity contribution in [3.8, 4) is 0 Å². The first-order valence-corrected chi connectivity index (χ1v) is 8.84. The molecule has 2 N–H and O–H groups in total. The molecule has 0 saturated carbocycles. The third kappa shape index (κ3) is 5.34. The molecule has 2 amide bonds. The van der Waals surface area contributed by atoms with Crippen molar-refractivity contribution >= 4 is 29.3 Å². The van der Waals surface area contributed by atoms with Crippen LogP contribution in [0.2, 0.25) is 5.02 Å². The number of amides is 2. The van der Waals surface area contributed by atoms with Crippen LogP contribution in [0.1, 0.15) is 27.4 Å². The Bertz CT molecular complexity index is 952. The van der Waals surface area contributed by atoms with Crippen molar-refractivity contribution in [2.24, 2.45) is 0 Å². The monoisotopic (exact) mass is 399 g/mol. The van der Waals surface area contributed by atoms with Crippen LogP contribution < -0.4 is 10.6 Å². The number of halogens is 1. The second-order valence-corrected chi connectivity index (χ2v) is 6.41. The molecule has 0 bridgehead atoms. The van der Waals surface area contributed by atoms with E-state index in [0.29, 0.717) is 22.9 Å². The molecule has 28 heavy (non-hydrogen) atoms. The zero-order valence-electron chi connectivity index (χ0n) is 15.1. The van der Waals surface area contributed by atoms with Crippen LogP contribution in [0.3, 0.4) is 0 Å². The van der Waals surface area contributed by atoms with Crippen LogP contribution in [-0.2, 0) is 17.9 Å². The number of benzene rings is 2. The summed E-state index contributed by atoms with van der Waals surface area (Å²) in [5, 5.41) is 6.02. The Hall–Kier alpha value is -3.32. The van der Waals surface area contributed by atoms with Crippen molar-refractivity contribution in [1.82, 2.24) is 10.3 Å². The van der Waals surface area contributed by atoms with Crippen LogP contribution >= 0.6 is 11.6 Å². The van der Waals surface area contributed by atoms with E-state index in [4.69, 9.17) is 20.8 Å². The summed E-state index contributed by atoms with van der Waals surface area (Å²) in [6, 6.07) is 14.1. The van der Waals surface area contributed by atoms with Gasteiger partial charge in [0.1, 0.15) is 6.61 Å². The molecular weight excluding hydrogens is 382 g/mol. The minimum absolute atomic E-state index is 0.147. The molecule has 0 aliphatic rings. The highest BCUT2D eigenvalue weighted by atomic mass is 35.5. The predicted molar refractivity (Wildman–Crippen MR) is 104 cm³/mol. The minimum Gasteiger partial charge on any atom is -0.444 e. The molecule has 144 valence electrons. The largest absolute Gasteiger partial charge is 0.444 e.